The Morgan fingerprint density at radius 2 is 2.07 bits per heavy atom. The van der Waals surface area contributed by atoms with Gasteiger partial charge in [0.25, 0.3) is 0 Å². The predicted molar refractivity (Wildman–Crippen MR) is 56.5 cm³/mol. The molecular formula is C12H14O3. The highest BCUT2D eigenvalue weighted by Crippen LogP contribution is 2.37. The Bertz CT molecular complexity index is 433. The van der Waals surface area contributed by atoms with Crippen molar-refractivity contribution in [3.05, 3.63) is 23.3 Å². The second-order valence-electron chi connectivity index (χ2n) is 4.60. The van der Waals surface area contributed by atoms with Gasteiger partial charge in [-0.15, -0.1) is 0 Å². The van der Waals surface area contributed by atoms with E-state index in [1.54, 1.807) is 13.0 Å². The Labute approximate surface area is 88.7 Å². The maximum Gasteiger partial charge on any atom is 0.170 e. The fourth-order valence-corrected chi connectivity index (χ4v) is 1.98. The van der Waals surface area contributed by atoms with Crippen LogP contribution in [-0.4, -0.2) is 16.5 Å². The molecule has 0 bridgehead atoms. The minimum atomic E-state index is -0.482. The van der Waals surface area contributed by atoms with Gasteiger partial charge in [0.05, 0.1) is 12.0 Å². The maximum absolute atomic E-state index is 11.9. The lowest BCUT2D eigenvalue weighted by molar-refractivity contribution is 0.0617. The van der Waals surface area contributed by atoms with Crippen LogP contribution in [0.1, 0.15) is 36.2 Å². The lowest BCUT2D eigenvalue weighted by Gasteiger charge is -2.32. The van der Waals surface area contributed by atoms with Crippen molar-refractivity contribution in [3.8, 4) is 11.5 Å². The number of rotatable bonds is 0. The second kappa shape index (κ2) is 2.99. The number of hydrogen-bond acceptors (Lipinski definition) is 3. The van der Waals surface area contributed by atoms with Crippen molar-refractivity contribution < 1.29 is 14.6 Å². The van der Waals surface area contributed by atoms with Gasteiger partial charge in [-0.3, -0.25) is 4.79 Å². The Kier molecular flexibility index (Phi) is 2.00. The van der Waals surface area contributed by atoms with Crippen LogP contribution in [0, 0.1) is 6.92 Å². The van der Waals surface area contributed by atoms with E-state index in [1.807, 2.05) is 13.8 Å². The van der Waals surface area contributed by atoms with Gasteiger partial charge >= 0.3 is 0 Å². The lowest BCUT2D eigenvalue weighted by atomic mass is 9.90. The minimum absolute atomic E-state index is 0.0822. The lowest BCUT2D eigenvalue weighted by Crippen LogP contribution is -2.36. The summed E-state index contributed by atoms with van der Waals surface area (Å²) in [7, 11) is 0. The molecule has 1 aliphatic rings. The van der Waals surface area contributed by atoms with Crippen molar-refractivity contribution in [1.82, 2.24) is 0 Å². The Hall–Kier alpha value is -1.51. The molecule has 0 radical (unpaired) electrons. The number of carbonyl (C=O) groups excluding carboxylic acids is 1. The van der Waals surface area contributed by atoms with Crippen LogP contribution in [0.4, 0.5) is 0 Å². The molecule has 0 atom stereocenters. The molecule has 0 unspecified atom stereocenters. The van der Waals surface area contributed by atoms with E-state index in [0.29, 0.717) is 17.7 Å². The third-order valence-electron chi connectivity index (χ3n) is 2.54. The molecule has 1 aromatic carbocycles. The summed E-state index contributed by atoms with van der Waals surface area (Å²) >= 11 is 0. The van der Waals surface area contributed by atoms with Crippen LogP contribution >= 0.6 is 0 Å². The van der Waals surface area contributed by atoms with Gasteiger partial charge in [-0.1, -0.05) is 0 Å². The molecule has 1 aliphatic heterocycles. The van der Waals surface area contributed by atoms with Gasteiger partial charge < -0.3 is 9.84 Å². The number of fused-ring (bicyclic) bond motifs is 1. The number of aromatic hydroxyl groups is 1. The molecule has 0 saturated heterocycles. The van der Waals surface area contributed by atoms with Crippen LogP contribution in [0.5, 0.6) is 11.5 Å². The van der Waals surface area contributed by atoms with E-state index in [0.717, 1.165) is 5.56 Å². The number of ketones is 1. The molecule has 1 heterocycles. The average molecular weight is 206 g/mol. The van der Waals surface area contributed by atoms with Crippen LogP contribution in [-0.2, 0) is 0 Å². The molecule has 0 amide bonds. The predicted octanol–water partition coefficient (Wildman–Crippen LogP) is 2.44. The molecule has 0 aliphatic carbocycles. The number of hydrogen-bond donors (Lipinski definition) is 1. The van der Waals surface area contributed by atoms with Crippen LogP contribution in [0.3, 0.4) is 0 Å². The highest BCUT2D eigenvalue weighted by atomic mass is 16.5. The van der Waals surface area contributed by atoms with Crippen LogP contribution in [0.25, 0.3) is 0 Å². The quantitative estimate of drug-likeness (QED) is 0.709. The number of ether oxygens (including phenoxy) is 1. The van der Waals surface area contributed by atoms with E-state index >= 15 is 0 Å². The highest BCUT2D eigenvalue weighted by molar-refractivity contribution is 6.01. The third-order valence-corrected chi connectivity index (χ3v) is 2.54. The number of benzene rings is 1. The van der Waals surface area contributed by atoms with Gasteiger partial charge in [-0.2, -0.15) is 0 Å². The van der Waals surface area contributed by atoms with E-state index in [1.165, 1.54) is 6.07 Å². The Morgan fingerprint density at radius 3 is 2.73 bits per heavy atom. The van der Waals surface area contributed by atoms with Gasteiger partial charge in [0.15, 0.2) is 5.78 Å². The summed E-state index contributed by atoms with van der Waals surface area (Å²) < 4.78 is 5.67. The fraction of sp³-hybridized carbons (Fsp3) is 0.417. The fourth-order valence-electron chi connectivity index (χ4n) is 1.98. The summed E-state index contributed by atoms with van der Waals surface area (Å²) in [5.41, 5.74) is 0.891. The monoisotopic (exact) mass is 206 g/mol. The molecule has 1 aromatic rings. The van der Waals surface area contributed by atoms with Crippen molar-refractivity contribution in [3.63, 3.8) is 0 Å². The zero-order chi connectivity index (χ0) is 11.2. The van der Waals surface area contributed by atoms with Gasteiger partial charge in [-0.25, -0.2) is 0 Å². The zero-order valence-electron chi connectivity index (χ0n) is 9.13. The molecule has 1 N–H and O–H groups in total. The minimum Gasteiger partial charge on any atom is -0.508 e. The summed E-state index contributed by atoms with van der Waals surface area (Å²) in [5.74, 6) is 0.712. The Balaban J connectivity index is 2.60. The third kappa shape index (κ3) is 1.69. The Morgan fingerprint density at radius 1 is 1.40 bits per heavy atom. The maximum atomic E-state index is 11.9. The topological polar surface area (TPSA) is 46.5 Å². The average Bonchev–Trinajstić information content (AvgIpc) is 1.97. The first-order valence-electron chi connectivity index (χ1n) is 4.95. The smallest absolute Gasteiger partial charge is 0.170 e. The molecule has 2 rings (SSSR count). The largest absolute Gasteiger partial charge is 0.508 e. The molecule has 0 saturated carbocycles. The van der Waals surface area contributed by atoms with Gasteiger partial charge in [0.1, 0.15) is 17.1 Å². The molecule has 0 fully saturated rings. The standard InChI is InChI=1S/C12H14O3/c1-7-4-8(13)5-10-11(7)9(14)6-12(2,3)15-10/h4-5,13H,6H2,1-3H3. The SMILES string of the molecule is Cc1cc(O)cc2c1C(=O)CC(C)(C)O2. The van der Waals surface area contributed by atoms with Crippen molar-refractivity contribution in [2.24, 2.45) is 0 Å². The molecule has 3 nitrogen and oxygen atoms in total. The van der Waals surface area contributed by atoms with E-state index in [9.17, 15) is 9.90 Å². The highest BCUT2D eigenvalue weighted by Gasteiger charge is 2.33. The summed E-state index contributed by atoms with van der Waals surface area (Å²) in [6.45, 7) is 5.54. The van der Waals surface area contributed by atoms with Crippen LogP contribution in [0.15, 0.2) is 12.1 Å². The number of carbonyl (C=O) groups is 1. The molecule has 0 spiro atoms. The van der Waals surface area contributed by atoms with Gasteiger partial charge in [0.2, 0.25) is 0 Å². The van der Waals surface area contributed by atoms with Crippen molar-refractivity contribution >= 4 is 5.78 Å². The molecule has 80 valence electrons. The number of phenolic OH excluding ortho intramolecular Hbond substituents is 1. The molecular weight excluding hydrogens is 192 g/mol. The van der Waals surface area contributed by atoms with E-state index in [2.05, 4.69) is 0 Å². The summed E-state index contributed by atoms with van der Waals surface area (Å²) in [6, 6.07) is 3.08. The van der Waals surface area contributed by atoms with Crippen molar-refractivity contribution in [2.75, 3.05) is 0 Å². The molecule has 15 heavy (non-hydrogen) atoms. The van der Waals surface area contributed by atoms with Crippen molar-refractivity contribution in [1.29, 1.82) is 0 Å². The van der Waals surface area contributed by atoms with Gasteiger partial charge in [0, 0.05) is 6.07 Å². The van der Waals surface area contributed by atoms with E-state index in [4.69, 9.17) is 4.74 Å². The molecule has 3 heteroatoms. The summed E-state index contributed by atoms with van der Waals surface area (Å²) in [5, 5.41) is 9.43. The second-order valence-corrected chi connectivity index (χ2v) is 4.60. The van der Waals surface area contributed by atoms with Crippen LogP contribution in [0.2, 0.25) is 0 Å². The zero-order valence-corrected chi connectivity index (χ0v) is 9.13. The molecule has 0 aromatic heterocycles. The summed E-state index contributed by atoms with van der Waals surface area (Å²) in [4.78, 5) is 11.9. The number of Topliss-reactive ketones (excluding diaryl/α,β-unsaturated/α-hetero) is 1. The van der Waals surface area contributed by atoms with E-state index in [-0.39, 0.29) is 11.5 Å². The first-order chi connectivity index (χ1) is 6.89. The van der Waals surface area contributed by atoms with Gasteiger partial charge in [-0.05, 0) is 32.4 Å². The van der Waals surface area contributed by atoms with Crippen LogP contribution < -0.4 is 4.74 Å². The first kappa shape index (κ1) is 10.0. The van der Waals surface area contributed by atoms with E-state index < -0.39 is 5.60 Å². The van der Waals surface area contributed by atoms with Crippen molar-refractivity contribution in [2.45, 2.75) is 32.8 Å². The number of aryl methyl sites for hydroxylation is 1. The summed E-state index contributed by atoms with van der Waals surface area (Å²) in [6.07, 6.45) is 0.381. The first-order valence-corrected chi connectivity index (χ1v) is 4.95. The normalized spacial score (nSPS) is 18.2. The number of phenols is 1.